The molecule has 2 atom stereocenters. The first-order chi connectivity index (χ1) is 13.8. The van der Waals surface area contributed by atoms with Crippen molar-refractivity contribution in [2.24, 2.45) is 5.92 Å². The normalized spacial score (nSPS) is 19.5. The Hall–Kier alpha value is -2.53. The molecule has 4 rings (SSSR count). The van der Waals surface area contributed by atoms with Crippen LogP contribution in [-0.4, -0.2) is 33.2 Å². The number of hydrogen-bond acceptors (Lipinski definition) is 2. The summed E-state index contributed by atoms with van der Waals surface area (Å²) in [7, 11) is 0. The van der Waals surface area contributed by atoms with Crippen molar-refractivity contribution in [1.29, 1.82) is 0 Å². The zero-order valence-corrected chi connectivity index (χ0v) is 18.0. The summed E-state index contributed by atoms with van der Waals surface area (Å²) in [5.74, 6) is 0.112. The van der Waals surface area contributed by atoms with Gasteiger partial charge in [0.25, 0.3) is 0 Å². The lowest BCUT2D eigenvalue weighted by atomic mass is 9.99. The summed E-state index contributed by atoms with van der Waals surface area (Å²) in [4.78, 5) is 16.9. The summed E-state index contributed by atoms with van der Waals surface area (Å²) < 4.78 is 2.21. The zero-order chi connectivity index (χ0) is 20.9. The number of nitrogens with zero attached hydrogens (tertiary/aromatic N) is 1. The van der Waals surface area contributed by atoms with Gasteiger partial charge in [-0.15, -0.1) is 0 Å². The van der Waals surface area contributed by atoms with Crippen molar-refractivity contribution in [1.82, 2.24) is 14.9 Å². The minimum absolute atomic E-state index is 0.0170. The number of nitrogens with one attached hydrogen (secondary N) is 2. The molecule has 5 nitrogen and oxygen atoms in total. The van der Waals surface area contributed by atoms with E-state index in [1.165, 1.54) is 16.5 Å². The zero-order valence-electron chi connectivity index (χ0n) is 18.0. The third-order valence-corrected chi connectivity index (χ3v) is 6.06. The minimum atomic E-state index is -0.311. The minimum Gasteiger partial charge on any atom is -0.394 e. The second kappa shape index (κ2) is 7.38. The first kappa shape index (κ1) is 19.8. The molecule has 0 fully saturated rings. The lowest BCUT2D eigenvalue weighted by Gasteiger charge is -2.26. The second-order valence-electron chi connectivity index (χ2n) is 8.93. The number of carbonyl (C=O) groups excluding carboxylic acids is 1. The average Bonchev–Trinajstić information content (AvgIpc) is 3.17. The van der Waals surface area contributed by atoms with Crippen molar-refractivity contribution in [3.63, 3.8) is 0 Å². The Labute approximate surface area is 171 Å². The number of aliphatic hydroxyl groups is 1. The van der Waals surface area contributed by atoms with E-state index in [9.17, 15) is 9.90 Å². The highest BCUT2D eigenvalue weighted by atomic mass is 16.3. The van der Waals surface area contributed by atoms with Gasteiger partial charge < -0.3 is 20.0 Å². The van der Waals surface area contributed by atoms with Crippen molar-refractivity contribution >= 4 is 27.7 Å². The molecule has 1 aliphatic heterocycles. The molecule has 0 aliphatic carbocycles. The molecule has 0 saturated heterocycles. The van der Waals surface area contributed by atoms with Gasteiger partial charge in [0.2, 0.25) is 5.91 Å². The Kier molecular flexibility index (Phi) is 5.03. The third-order valence-electron chi connectivity index (χ3n) is 6.06. The van der Waals surface area contributed by atoms with Gasteiger partial charge in [0.15, 0.2) is 0 Å². The number of rotatable bonds is 4. The third kappa shape index (κ3) is 3.27. The van der Waals surface area contributed by atoms with Crippen LogP contribution in [0.15, 0.2) is 29.8 Å². The number of benzene rings is 1. The molecule has 1 aromatic carbocycles. The van der Waals surface area contributed by atoms with E-state index in [0.717, 1.165) is 34.2 Å². The fourth-order valence-electron chi connectivity index (χ4n) is 4.73. The lowest BCUT2D eigenvalue weighted by Crippen LogP contribution is -2.44. The molecular weight excluding hydrogens is 362 g/mol. The predicted molar refractivity (Wildman–Crippen MR) is 118 cm³/mol. The Balaban J connectivity index is 2.09. The van der Waals surface area contributed by atoms with Crippen LogP contribution in [0.4, 0.5) is 0 Å². The first-order valence-corrected chi connectivity index (χ1v) is 10.5. The molecule has 3 N–H and O–H groups in total. The van der Waals surface area contributed by atoms with E-state index in [1.54, 1.807) is 0 Å². The number of allylic oxidation sites excluding steroid dienone is 2. The summed E-state index contributed by atoms with van der Waals surface area (Å²) in [6, 6.07) is 5.85. The summed E-state index contributed by atoms with van der Waals surface area (Å²) in [6.45, 7) is 10.4. The van der Waals surface area contributed by atoms with Gasteiger partial charge in [0.05, 0.1) is 18.2 Å². The first-order valence-electron chi connectivity index (χ1n) is 10.5. The monoisotopic (exact) mass is 393 g/mol. The van der Waals surface area contributed by atoms with Crippen LogP contribution >= 0.6 is 0 Å². The van der Waals surface area contributed by atoms with Gasteiger partial charge in [0.1, 0.15) is 6.04 Å². The molecule has 0 radical (unpaired) electrons. The van der Waals surface area contributed by atoms with Gasteiger partial charge >= 0.3 is 0 Å². The number of aliphatic hydroxyl groups excluding tert-OH is 1. The van der Waals surface area contributed by atoms with Gasteiger partial charge in [-0.1, -0.05) is 31.6 Å². The molecular formula is C24H31N3O2. The maximum absolute atomic E-state index is 13.3. The fraction of sp³-hybridized carbons (Fsp3) is 0.458. The van der Waals surface area contributed by atoms with Gasteiger partial charge in [0, 0.05) is 34.1 Å². The van der Waals surface area contributed by atoms with Crippen LogP contribution in [0.1, 0.15) is 50.7 Å². The molecule has 0 spiro atoms. The molecule has 1 amide bonds. The number of aromatic amines is 1. The van der Waals surface area contributed by atoms with E-state index in [-0.39, 0.29) is 30.5 Å². The van der Waals surface area contributed by atoms with Crippen LogP contribution in [0, 0.1) is 12.8 Å². The molecule has 3 aromatic rings. The van der Waals surface area contributed by atoms with Crippen molar-refractivity contribution in [3.8, 4) is 0 Å². The standard InChI is InChI=1S/C24H31N3O2/c1-13(2)6-8-19-18-11-17(12-28)25-24(29)22(14(3)4)27-15(5)10-16-7-9-20(26-19)21(18)23(16)27/h6-7,9-10,14,17,22,26,28H,8,11-12H2,1-5H3,(H,25,29)/t17-,22+/m0/s1. The number of aromatic nitrogens is 2. The summed E-state index contributed by atoms with van der Waals surface area (Å²) in [5.41, 5.74) is 6.94. The van der Waals surface area contributed by atoms with Crippen molar-refractivity contribution in [2.75, 3.05) is 6.61 Å². The molecule has 0 saturated carbocycles. The number of carbonyl (C=O) groups is 1. The van der Waals surface area contributed by atoms with Gasteiger partial charge in [-0.25, -0.2) is 0 Å². The van der Waals surface area contributed by atoms with Crippen LogP contribution in [0.25, 0.3) is 21.8 Å². The van der Waals surface area contributed by atoms with Crippen LogP contribution in [-0.2, 0) is 17.6 Å². The van der Waals surface area contributed by atoms with E-state index in [4.69, 9.17) is 0 Å². The molecule has 5 heteroatoms. The molecule has 3 heterocycles. The van der Waals surface area contributed by atoms with Gasteiger partial charge in [-0.3, -0.25) is 4.79 Å². The van der Waals surface area contributed by atoms with E-state index in [0.29, 0.717) is 6.42 Å². The quantitative estimate of drug-likeness (QED) is 0.582. The topological polar surface area (TPSA) is 70.1 Å². The van der Waals surface area contributed by atoms with Crippen molar-refractivity contribution in [3.05, 3.63) is 46.8 Å². The number of aryl methyl sites for hydroxylation is 1. The van der Waals surface area contributed by atoms with Gasteiger partial charge in [-0.2, -0.15) is 0 Å². The predicted octanol–water partition coefficient (Wildman–Crippen LogP) is 4.17. The lowest BCUT2D eigenvalue weighted by molar-refractivity contribution is -0.126. The van der Waals surface area contributed by atoms with Gasteiger partial charge in [-0.05, 0) is 50.8 Å². The van der Waals surface area contributed by atoms with Crippen LogP contribution < -0.4 is 5.32 Å². The Morgan fingerprint density at radius 3 is 2.76 bits per heavy atom. The summed E-state index contributed by atoms with van der Waals surface area (Å²) in [5, 5.41) is 15.5. The van der Waals surface area contributed by atoms with E-state index in [1.807, 2.05) is 0 Å². The van der Waals surface area contributed by atoms with Crippen molar-refractivity contribution in [2.45, 2.75) is 59.5 Å². The second-order valence-corrected chi connectivity index (χ2v) is 8.93. The Bertz CT molecular complexity index is 1110. The highest BCUT2D eigenvalue weighted by Crippen LogP contribution is 2.37. The molecule has 0 bridgehead atoms. The SMILES string of the molecule is CC(C)=CCc1[nH]c2ccc3cc(C)n4c3c2c1C[C@@H](CO)NC(=O)[C@H]4C(C)C. The fourth-order valence-corrected chi connectivity index (χ4v) is 4.73. The van der Waals surface area contributed by atoms with E-state index >= 15 is 0 Å². The van der Waals surface area contributed by atoms with Crippen LogP contribution in [0.2, 0.25) is 0 Å². The molecule has 1 aliphatic rings. The maximum atomic E-state index is 13.3. The van der Waals surface area contributed by atoms with Crippen LogP contribution in [0.5, 0.6) is 0 Å². The smallest absolute Gasteiger partial charge is 0.243 e. The molecule has 0 unspecified atom stereocenters. The summed E-state index contributed by atoms with van der Waals surface area (Å²) in [6.07, 6.45) is 3.65. The van der Waals surface area contributed by atoms with Crippen LogP contribution in [0.3, 0.4) is 0 Å². The molecule has 154 valence electrons. The molecule has 29 heavy (non-hydrogen) atoms. The Morgan fingerprint density at radius 2 is 2.10 bits per heavy atom. The van der Waals surface area contributed by atoms with E-state index in [2.05, 4.69) is 73.8 Å². The maximum Gasteiger partial charge on any atom is 0.243 e. The number of H-pyrrole nitrogens is 1. The largest absolute Gasteiger partial charge is 0.394 e. The van der Waals surface area contributed by atoms with Crippen molar-refractivity contribution < 1.29 is 9.90 Å². The number of hydrogen-bond donors (Lipinski definition) is 3. The highest BCUT2D eigenvalue weighted by molar-refractivity contribution is 6.08. The summed E-state index contributed by atoms with van der Waals surface area (Å²) >= 11 is 0. The highest BCUT2D eigenvalue weighted by Gasteiger charge is 2.32. The average molecular weight is 394 g/mol. The number of amides is 1. The molecule has 2 aromatic heterocycles. The Morgan fingerprint density at radius 1 is 1.34 bits per heavy atom. The van der Waals surface area contributed by atoms with E-state index < -0.39 is 0 Å².